The summed E-state index contributed by atoms with van der Waals surface area (Å²) in [4.78, 5) is 11.5. The summed E-state index contributed by atoms with van der Waals surface area (Å²) in [6.45, 7) is 7.72. The van der Waals surface area contributed by atoms with Crippen molar-refractivity contribution in [3.8, 4) is 0 Å². The van der Waals surface area contributed by atoms with Crippen molar-refractivity contribution in [2.24, 2.45) is 0 Å². The van der Waals surface area contributed by atoms with E-state index < -0.39 is 6.10 Å². The van der Waals surface area contributed by atoms with Crippen LogP contribution in [-0.2, 0) is 4.79 Å². The molecule has 0 heterocycles. The lowest BCUT2D eigenvalue weighted by molar-refractivity contribution is -0.116. The summed E-state index contributed by atoms with van der Waals surface area (Å²) in [7, 11) is 1.81. The smallest absolute Gasteiger partial charge is 0.243 e. The minimum absolute atomic E-state index is 0.166. The number of hydrogen-bond donors (Lipinski definition) is 4. The van der Waals surface area contributed by atoms with Gasteiger partial charge in [-0.15, -0.1) is 0 Å². The maximum absolute atomic E-state index is 11.5. The number of carbonyl (C=O) groups is 1. The van der Waals surface area contributed by atoms with Crippen LogP contribution >= 0.6 is 0 Å². The average Bonchev–Trinajstić information content (AvgIpc) is 2.60. The molecular weight excluding hydrogens is 292 g/mol. The zero-order valence-corrected chi connectivity index (χ0v) is 14.2. The predicted octanol–water partition coefficient (Wildman–Crippen LogP) is 1.79. The number of likely N-dealkylation sites (N-methyl/N-ethyl adjacent to an activating group) is 1. The highest BCUT2D eigenvalue weighted by molar-refractivity contribution is 5.86. The predicted molar refractivity (Wildman–Crippen MR) is 92.2 cm³/mol. The van der Waals surface area contributed by atoms with Crippen molar-refractivity contribution >= 4 is 5.91 Å². The van der Waals surface area contributed by atoms with Gasteiger partial charge in [-0.3, -0.25) is 4.79 Å². The molecule has 1 amide bonds. The van der Waals surface area contributed by atoms with Crippen LogP contribution in [0.4, 0.5) is 0 Å². The average molecular weight is 320 g/mol. The topological polar surface area (TPSA) is 81.6 Å². The number of amides is 1. The fourth-order valence-corrected chi connectivity index (χ4v) is 2.67. The van der Waals surface area contributed by atoms with Gasteiger partial charge in [0.05, 0.1) is 12.6 Å². The Hall–Kier alpha value is -1.69. The molecule has 5 heteroatoms. The zero-order chi connectivity index (χ0) is 17.4. The third kappa shape index (κ3) is 4.89. The van der Waals surface area contributed by atoms with Crippen molar-refractivity contribution in [3.63, 3.8) is 0 Å². The molecule has 0 aliphatic heterocycles. The molecule has 0 saturated heterocycles. The van der Waals surface area contributed by atoms with Crippen molar-refractivity contribution in [3.05, 3.63) is 47.5 Å². The van der Waals surface area contributed by atoms with Gasteiger partial charge in [0.2, 0.25) is 5.91 Å². The fraction of sp³-hybridized carbons (Fsp3) is 0.500. The lowest BCUT2D eigenvalue weighted by Gasteiger charge is -2.27. The molecule has 0 aliphatic rings. The fourth-order valence-electron chi connectivity index (χ4n) is 2.67. The Morgan fingerprint density at radius 1 is 1.39 bits per heavy atom. The lowest BCUT2D eigenvalue weighted by atomic mass is 9.85. The van der Waals surface area contributed by atoms with E-state index in [9.17, 15) is 15.0 Å². The first-order valence-electron chi connectivity index (χ1n) is 7.99. The molecule has 3 unspecified atom stereocenters. The Kier molecular flexibility index (Phi) is 7.95. The van der Waals surface area contributed by atoms with Crippen molar-refractivity contribution in [1.29, 1.82) is 0 Å². The summed E-state index contributed by atoms with van der Waals surface area (Å²) in [5.41, 5.74) is 2.75. The van der Waals surface area contributed by atoms with Gasteiger partial charge in [0.25, 0.3) is 0 Å². The first kappa shape index (κ1) is 19.4. The summed E-state index contributed by atoms with van der Waals surface area (Å²) in [6, 6.07) is 5.59. The van der Waals surface area contributed by atoms with Gasteiger partial charge < -0.3 is 20.8 Å². The highest BCUT2D eigenvalue weighted by Gasteiger charge is 2.23. The Bertz CT molecular complexity index is 503. The van der Waals surface area contributed by atoms with Gasteiger partial charge in [0.15, 0.2) is 0 Å². The minimum atomic E-state index is -0.944. The molecule has 1 rings (SSSR count). The molecule has 128 valence electrons. The van der Waals surface area contributed by atoms with Gasteiger partial charge in [-0.25, -0.2) is 0 Å². The maximum atomic E-state index is 11.5. The molecule has 1 aromatic rings. The molecule has 0 saturated carbocycles. The number of hydrogen-bond acceptors (Lipinski definition) is 4. The molecular formula is C18H28N2O3. The van der Waals surface area contributed by atoms with Crippen LogP contribution in [0.25, 0.3) is 0 Å². The van der Waals surface area contributed by atoms with E-state index in [2.05, 4.69) is 31.1 Å². The molecule has 3 atom stereocenters. The SMILES string of the molecule is C=CC(=O)NCC(NC)c1c(C(C)CC)cccc1C(O)CO. The maximum Gasteiger partial charge on any atom is 0.243 e. The molecule has 1 aromatic carbocycles. The lowest BCUT2D eigenvalue weighted by Crippen LogP contribution is -2.34. The molecule has 0 fully saturated rings. The first-order chi connectivity index (χ1) is 11.0. The summed E-state index contributed by atoms with van der Waals surface area (Å²) >= 11 is 0. The van der Waals surface area contributed by atoms with Crippen molar-refractivity contribution < 1.29 is 15.0 Å². The van der Waals surface area contributed by atoms with Crippen LogP contribution in [-0.4, -0.2) is 36.3 Å². The highest BCUT2D eigenvalue weighted by atomic mass is 16.3. The van der Waals surface area contributed by atoms with E-state index in [-0.39, 0.29) is 18.6 Å². The second-order valence-corrected chi connectivity index (χ2v) is 5.65. The Morgan fingerprint density at radius 2 is 2.04 bits per heavy atom. The highest BCUT2D eigenvalue weighted by Crippen LogP contribution is 2.32. The van der Waals surface area contributed by atoms with E-state index in [1.807, 2.05) is 25.2 Å². The van der Waals surface area contributed by atoms with Crippen molar-refractivity contribution in [2.45, 2.75) is 38.3 Å². The monoisotopic (exact) mass is 320 g/mol. The number of nitrogens with one attached hydrogen (secondary N) is 2. The molecule has 0 aliphatic carbocycles. The van der Waals surface area contributed by atoms with Crippen LogP contribution in [0.3, 0.4) is 0 Å². The zero-order valence-electron chi connectivity index (χ0n) is 14.2. The summed E-state index contributed by atoms with van der Waals surface area (Å²) < 4.78 is 0. The minimum Gasteiger partial charge on any atom is -0.393 e. The first-order valence-corrected chi connectivity index (χ1v) is 7.99. The van der Waals surface area contributed by atoms with E-state index in [4.69, 9.17) is 0 Å². The van der Waals surface area contributed by atoms with Crippen LogP contribution in [0, 0.1) is 0 Å². The normalized spacial score (nSPS) is 14.8. The number of aliphatic hydroxyl groups is 2. The van der Waals surface area contributed by atoms with Crippen LogP contribution in [0.2, 0.25) is 0 Å². The third-order valence-electron chi connectivity index (χ3n) is 4.21. The standard InChI is InChI=1S/C18H28N2O3/c1-5-12(3)13-8-7-9-14(16(22)11-21)18(13)15(19-4)10-20-17(23)6-2/h6-9,12,15-16,19,21-22H,2,5,10-11H2,1,3-4H3,(H,20,23). The molecule has 23 heavy (non-hydrogen) atoms. The molecule has 0 spiro atoms. The van der Waals surface area contributed by atoms with E-state index in [0.29, 0.717) is 18.0 Å². The van der Waals surface area contributed by atoms with Crippen molar-refractivity contribution in [1.82, 2.24) is 10.6 Å². The van der Waals surface area contributed by atoms with E-state index in [0.717, 1.165) is 17.5 Å². The molecule has 0 radical (unpaired) electrons. The second kappa shape index (κ2) is 9.45. The summed E-state index contributed by atoms with van der Waals surface area (Å²) in [6.07, 6.45) is 1.25. The largest absolute Gasteiger partial charge is 0.393 e. The van der Waals surface area contributed by atoms with Crippen LogP contribution < -0.4 is 10.6 Å². The van der Waals surface area contributed by atoms with Crippen molar-refractivity contribution in [2.75, 3.05) is 20.2 Å². The van der Waals surface area contributed by atoms with E-state index in [1.54, 1.807) is 0 Å². The second-order valence-electron chi connectivity index (χ2n) is 5.65. The van der Waals surface area contributed by atoms with Crippen LogP contribution in [0.15, 0.2) is 30.9 Å². The van der Waals surface area contributed by atoms with Gasteiger partial charge in [0.1, 0.15) is 6.10 Å². The Labute approximate surface area is 138 Å². The molecule has 0 bridgehead atoms. The number of rotatable bonds is 9. The third-order valence-corrected chi connectivity index (χ3v) is 4.21. The number of benzene rings is 1. The summed E-state index contributed by atoms with van der Waals surface area (Å²) in [5.74, 6) is 0.0670. The quantitative estimate of drug-likeness (QED) is 0.523. The molecule has 4 N–H and O–H groups in total. The summed E-state index contributed by atoms with van der Waals surface area (Å²) in [5, 5.41) is 25.5. The Morgan fingerprint density at radius 3 is 2.57 bits per heavy atom. The van der Waals surface area contributed by atoms with Gasteiger partial charge in [-0.05, 0) is 42.2 Å². The van der Waals surface area contributed by atoms with Gasteiger partial charge in [0, 0.05) is 6.54 Å². The van der Waals surface area contributed by atoms with E-state index in [1.165, 1.54) is 6.08 Å². The van der Waals surface area contributed by atoms with E-state index >= 15 is 0 Å². The Balaban J connectivity index is 3.30. The number of aliphatic hydroxyl groups excluding tert-OH is 2. The van der Waals surface area contributed by atoms with Gasteiger partial charge >= 0.3 is 0 Å². The van der Waals surface area contributed by atoms with Crippen LogP contribution in [0.1, 0.15) is 55.0 Å². The number of carbonyl (C=O) groups excluding carboxylic acids is 1. The van der Waals surface area contributed by atoms with Crippen LogP contribution in [0.5, 0.6) is 0 Å². The molecule has 0 aromatic heterocycles. The van der Waals surface area contributed by atoms with Gasteiger partial charge in [-0.1, -0.05) is 38.6 Å². The van der Waals surface area contributed by atoms with Gasteiger partial charge in [-0.2, -0.15) is 0 Å². The molecule has 5 nitrogen and oxygen atoms in total.